The first-order valence-electron chi connectivity index (χ1n) is 10.7. The molecule has 0 saturated carbocycles. The van der Waals surface area contributed by atoms with E-state index in [1.165, 1.54) is 11.3 Å². The van der Waals surface area contributed by atoms with E-state index in [0.29, 0.717) is 29.1 Å². The van der Waals surface area contributed by atoms with Gasteiger partial charge >= 0.3 is 0 Å². The van der Waals surface area contributed by atoms with Crippen molar-refractivity contribution >= 4 is 44.4 Å². The predicted octanol–water partition coefficient (Wildman–Crippen LogP) is 7.04. The number of carbonyl (C=O) groups excluding carboxylic acids is 1. The molecule has 0 radical (unpaired) electrons. The molecule has 0 N–H and O–H groups in total. The maximum atomic E-state index is 13.6. The third-order valence-electron chi connectivity index (χ3n) is 4.80. The highest BCUT2D eigenvalue weighted by atomic mass is 32.2. The van der Waals surface area contributed by atoms with Crippen molar-refractivity contribution in [2.45, 2.75) is 37.5 Å². The second-order valence-corrected chi connectivity index (χ2v) is 10.3. The lowest BCUT2D eigenvalue weighted by atomic mass is 10.1. The molecule has 0 aliphatic heterocycles. The molecule has 1 aromatic heterocycles. The number of benzene rings is 3. The van der Waals surface area contributed by atoms with Crippen LogP contribution in [0.3, 0.4) is 0 Å². The van der Waals surface area contributed by atoms with Crippen molar-refractivity contribution < 1.29 is 9.53 Å². The molecular formula is C26H26N2O2S2. The van der Waals surface area contributed by atoms with Crippen LogP contribution in [0.25, 0.3) is 10.2 Å². The molecule has 0 aliphatic carbocycles. The van der Waals surface area contributed by atoms with Crippen LogP contribution in [0, 0.1) is 0 Å². The second kappa shape index (κ2) is 10.2. The van der Waals surface area contributed by atoms with E-state index in [4.69, 9.17) is 9.72 Å². The van der Waals surface area contributed by atoms with E-state index in [1.807, 2.05) is 79.7 Å². The molecule has 0 atom stereocenters. The molecule has 4 nitrogen and oxygen atoms in total. The first kappa shape index (κ1) is 22.4. The number of aromatic nitrogens is 1. The van der Waals surface area contributed by atoms with Gasteiger partial charge in [0.1, 0.15) is 11.3 Å². The zero-order valence-corrected chi connectivity index (χ0v) is 20.1. The lowest BCUT2D eigenvalue weighted by Gasteiger charge is -2.20. The highest BCUT2D eigenvalue weighted by Crippen LogP contribution is 2.35. The van der Waals surface area contributed by atoms with Crippen LogP contribution in [-0.4, -0.2) is 22.7 Å². The van der Waals surface area contributed by atoms with Crippen LogP contribution in [0.1, 0.15) is 36.7 Å². The van der Waals surface area contributed by atoms with E-state index in [-0.39, 0.29) is 5.91 Å². The van der Waals surface area contributed by atoms with Gasteiger partial charge in [-0.25, -0.2) is 4.98 Å². The Labute approximate surface area is 197 Å². The van der Waals surface area contributed by atoms with E-state index in [9.17, 15) is 4.79 Å². The summed E-state index contributed by atoms with van der Waals surface area (Å²) in [5.41, 5.74) is 2.50. The topological polar surface area (TPSA) is 42.4 Å². The number of carbonyl (C=O) groups is 1. The molecule has 6 heteroatoms. The molecule has 4 rings (SSSR count). The third kappa shape index (κ3) is 5.14. The van der Waals surface area contributed by atoms with Crippen LogP contribution in [0.5, 0.6) is 5.75 Å². The molecular weight excluding hydrogens is 436 g/mol. The van der Waals surface area contributed by atoms with Crippen LogP contribution in [0.4, 0.5) is 5.13 Å². The largest absolute Gasteiger partial charge is 0.492 e. The minimum absolute atomic E-state index is 0.0630. The summed E-state index contributed by atoms with van der Waals surface area (Å²) in [4.78, 5) is 21.4. The lowest BCUT2D eigenvalue weighted by Crippen LogP contribution is -2.30. The van der Waals surface area contributed by atoms with Gasteiger partial charge in [0.05, 0.1) is 17.9 Å². The molecule has 164 valence electrons. The summed E-state index contributed by atoms with van der Waals surface area (Å²) in [5.74, 6) is 0.682. The summed E-state index contributed by atoms with van der Waals surface area (Å²) >= 11 is 3.30. The van der Waals surface area contributed by atoms with Crippen LogP contribution in [-0.2, 0) is 6.54 Å². The van der Waals surface area contributed by atoms with Crippen molar-refractivity contribution in [1.82, 2.24) is 4.98 Å². The minimum atomic E-state index is -0.0630. The maximum absolute atomic E-state index is 13.6. The molecule has 0 fully saturated rings. The average Bonchev–Trinajstić information content (AvgIpc) is 3.23. The molecule has 32 heavy (non-hydrogen) atoms. The second-order valence-electron chi connectivity index (χ2n) is 7.60. The SMILES string of the molecule is CCOc1cccc2sc(N(Cc3ccccc3)C(=O)c3ccc(SC(C)C)cc3)nc12. The number of thiazole rings is 1. The molecule has 1 amide bonds. The fourth-order valence-electron chi connectivity index (χ4n) is 3.40. The predicted molar refractivity (Wildman–Crippen MR) is 135 cm³/mol. The van der Waals surface area contributed by atoms with Gasteiger partial charge in [0, 0.05) is 15.7 Å². The highest BCUT2D eigenvalue weighted by Gasteiger charge is 2.23. The Hall–Kier alpha value is -2.83. The summed E-state index contributed by atoms with van der Waals surface area (Å²) in [5, 5.41) is 1.16. The van der Waals surface area contributed by atoms with Gasteiger partial charge in [0.2, 0.25) is 0 Å². The molecule has 4 aromatic rings. The van der Waals surface area contributed by atoms with Crippen molar-refractivity contribution in [3.8, 4) is 5.75 Å². The Bertz CT molecular complexity index is 1190. The van der Waals surface area contributed by atoms with Gasteiger partial charge in [-0.1, -0.05) is 61.6 Å². The van der Waals surface area contributed by atoms with E-state index in [2.05, 4.69) is 13.8 Å². The third-order valence-corrected chi connectivity index (χ3v) is 6.86. The molecule has 1 heterocycles. The lowest BCUT2D eigenvalue weighted by molar-refractivity contribution is 0.0985. The molecule has 0 unspecified atom stereocenters. The Morgan fingerprint density at radius 1 is 1.03 bits per heavy atom. The van der Waals surface area contributed by atoms with Crippen LogP contribution in [0.2, 0.25) is 0 Å². The van der Waals surface area contributed by atoms with E-state index in [1.54, 1.807) is 16.7 Å². The highest BCUT2D eigenvalue weighted by molar-refractivity contribution is 7.99. The summed E-state index contributed by atoms with van der Waals surface area (Å²) in [6.07, 6.45) is 0. The van der Waals surface area contributed by atoms with Crippen molar-refractivity contribution in [2.75, 3.05) is 11.5 Å². The smallest absolute Gasteiger partial charge is 0.260 e. The van der Waals surface area contributed by atoms with Crippen molar-refractivity contribution in [1.29, 1.82) is 0 Å². The first-order chi connectivity index (χ1) is 15.5. The number of para-hydroxylation sites is 1. The van der Waals surface area contributed by atoms with Crippen molar-refractivity contribution in [3.05, 3.63) is 83.9 Å². The Morgan fingerprint density at radius 2 is 1.78 bits per heavy atom. The van der Waals surface area contributed by atoms with E-state index >= 15 is 0 Å². The number of thioether (sulfide) groups is 1. The quantitative estimate of drug-likeness (QED) is 0.263. The summed E-state index contributed by atoms with van der Waals surface area (Å²) in [7, 11) is 0. The normalized spacial score (nSPS) is 11.1. The summed E-state index contributed by atoms with van der Waals surface area (Å²) < 4.78 is 6.76. The Kier molecular flexibility index (Phi) is 7.12. The van der Waals surface area contributed by atoms with Gasteiger partial charge in [-0.3, -0.25) is 9.69 Å². The standard InChI is InChI=1S/C26H26N2O2S2/c1-4-30-22-11-8-12-23-24(22)27-26(32-23)28(17-19-9-6-5-7-10-19)25(29)20-13-15-21(16-14-20)31-18(2)3/h5-16,18H,4,17H2,1-3H3. The maximum Gasteiger partial charge on any atom is 0.260 e. The van der Waals surface area contributed by atoms with Crippen LogP contribution >= 0.6 is 23.1 Å². The number of anilines is 1. The molecule has 0 spiro atoms. The van der Waals surface area contributed by atoms with Crippen molar-refractivity contribution in [3.63, 3.8) is 0 Å². The fourth-order valence-corrected chi connectivity index (χ4v) is 5.21. The van der Waals surface area contributed by atoms with Crippen LogP contribution in [0.15, 0.2) is 77.7 Å². The number of nitrogens with zero attached hydrogens (tertiary/aromatic N) is 2. The minimum Gasteiger partial charge on any atom is -0.492 e. The van der Waals surface area contributed by atoms with Crippen LogP contribution < -0.4 is 9.64 Å². The number of rotatable bonds is 8. The number of hydrogen-bond acceptors (Lipinski definition) is 5. The fraction of sp³-hybridized carbons (Fsp3) is 0.231. The molecule has 0 aliphatic rings. The van der Waals surface area contributed by atoms with Gasteiger partial charge in [-0.05, 0) is 48.9 Å². The van der Waals surface area contributed by atoms with Gasteiger partial charge in [-0.2, -0.15) is 0 Å². The number of amides is 1. The van der Waals surface area contributed by atoms with Gasteiger partial charge in [0.25, 0.3) is 5.91 Å². The van der Waals surface area contributed by atoms with Crippen molar-refractivity contribution in [2.24, 2.45) is 0 Å². The Balaban J connectivity index is 1.71. The number of ether oxygens (including phenoxy) is 1. The first-order valence-corrected chi connectivity index (χ1v) is 12.4. The number of hydrogen-bond donors (Lipinski definition) is 0. The zero-order chi connectivity index (χ0) is 22.5. The molecule has 0 bridgehead atoms. The average molecular weight is 463 g/mol. The number of fused-ring (bicyclic) bond motifs is 1. The summed E-state index contributed by atoms with van der Waals surface area (Å²) in [6.45, 7) is 7.30. The molecule has 3 aromatic carbocycles. The molecule has 0 saturated heterocycles. The van der Waals surface area contributed by atoms with Gasteiger partial charge in [0.15, 0.2) is 5.13 Å². The van der Waals surface area contributed by atoms with Gasteiger partial charge < -0.3 is 4.74 Å². The summed E-state index contributed by atoms with van der Waals surface area (Å²) in [6, 6.07) is 23.8. The van der Waals surface area contributed by atoms with Gasteiger partial charge in [-0.15, -0.1) is 11.8 Å². The van der Waals surface area contributed by atoms with E-state index in [0.717, 1.165) is 26.4 Å². The zero-order valence-electron chi connectivity index (χ0n) is 18.4. The monoisotopic (exact) mass is 462 g/mol. The Morgan fingerprint density at radius 3 is 2.47 bits per heavy atom. The van der Waals surface area contributed by atoms with E-state index < -0.39 is 0 Å².